The zero-order chi connectivity index (χ0) is 15.2. The molecular weight excluding hydrogens is 354 g/mol. The van der Waals surface area contributed by atoms with E-state index in [1.54, 1.807) is 25.3 Å². The minimum atomic E-state index is -0.186. The molecule has 21 heavy (non-hydrogen) atoms. The minimum Gasteiger partial charge on any atom is -0.384 e. The Kier molecular flexibility index (Phi) is 5.79. The lowest BCUT2D eigenvalue weighted by Gasteiger charge is -2.11. The van der Waals surface area contributed by atoms with Gasteiger partial charge in [0.05, 0.1) is 11.6 Å². The summed E-state index contributed by atoms with van der Waals surface area (Å²) in [5, 5.41) is 3.42. The number of hydrogen-bond donors (Lipinski definition) is 1. The number of anilines is 1. The van der Waals surface area contributed by atoms with Crippen LogP contribution in [0.3, 0.4) is 0 Å². The van der Waals surface area contributed by atoms with Crippen molar-refractivity contribution in [2.45, 2.75) is 6.42 Å². The smallest absolute Gasteiger partial charge is 0.255 e. The van der Waals surface area contributed by atoms with Crippen LogP contribution < -0.4 is 5.32 Å². The van der Waals surface area contributed by atoms with Crippen LogP contribution in [0.5, 0.6) is 0 Å². The Morgan fingerprint density at radius 2 is 2.05 bits per heavy atom. The maximum Gasteiger partial charge on any atom is 0.255 e. The number of para-hydroxylation sites is 1. The average Bonchev–Trinajstić information content (AvgIpc) is 2.49. The number of carbonyl (C=O) groups is 1. The zero-order valence-electron chi connectivity index (χ0n) is 11.5. The molecule has 5 heteroatoms. The van der Waals surface area contributed by atoms with Gasteiger partial charge in [0.2, 0.25) is 0 Å². The molecule has 110 valence electrons. The third-order valence-corrected chi connectivity index (χ3v) is 4.26. The molecule has 0 saturated heterocycles. The summed E-state index contributed by atoms with van der Waals surface area (Å²) in [6.45, 7) is 0.608. The standard InChI is InChI=1S/C16H15BrClNO2/c1-21-9-8-11-4-2-3-5-15(11)19-16(20)12-6-7-13(17)14(18)10-12/h2-7,10H,8-9H2,1H3,(H,19,20). The lowest BCUT2D eigenvalue weighted by atomic mass is 10.1. The van der Waals surface area contributed by atoms with E-state index in [2.05, 4.69) is 21.2 Å². The minimum absolute atomic E-state index is 0.186. The lowest BCUT2D eigenvalue weighted by molar-refractivity contribution is 0.102. The van der Waals surface area contributed by atoms with Crippen molar-refractivity contribution in [2.24, 2.45) is 0 Å². The largest absolute Gasteiger partial charge is 0.384 e. The maximum atomic E-state index is 12.3. The predicted octanol–water partition coefficient (Wildman–Crippen LogP) is 4.54. The second-order valence-electron chi connectivity index (χ2n) is 4.48. The summed E-state index contributed by atoms with van der Waals surface area (Å²) >= 11 is 9.33. The van der Waals surface area contributed by atoms with E-state index in [0.29, 0.717) is 17.2 Å². The fourth-order valence-corrected chi connectivity index (χ4v) is 2.33. The topological polar surface area (TPSA) is 38.3 Å². The first-order chi connectivity index (χ1) is 10.1. The maximum absolute atomic E-state index is 12.3. The predicted molar refractivity (Wildman–Crippen MR) is 89.1 cm³/mol. The van der Waals surface area contributed by atoms with Crippen molar-refractivity contribution in [1.82, 2.24) is 0 Å². The van der Waals surface area contributed by atoms with Crippen LogP contribution >= 0.6 is 27.5 Å². The van der Waals surface area contributed by atoms with Gasteiger partial charge in [-0.2, -0.15) is 0 Å². The Hall–Kier alpha value is -1.36. The summed E-state index contributed by atoms with van der Waals surface area (Å²) in [7, 11) is 1.66. The van der Waals surface area contributed by atoms with E-state index in [1.165, 1.54) is 0 Å². The zero-order valence-corrected chi connectivity index (χ0v) is 13.9. The summed E-state index contributed by atoms with van der Waals surface area (Å²) in [4.78, 5) is 12.3. The van der Waals surface area contributed by atoms with Gasteiger partial charge in [0.25, 0.3) is 5.91 Å². The van der Waals surface area contributed by atoms with E-state index in [0.717, 1.165) is 22.1 Å². The fourth-order valence-electron chi connectivity index (χ4n) is 1.90. The molecule has 0 radical (unpaired) electrons. The van der Waals surface area contributed by atoms with Gasteiger partial charge in [0, 0.05) is 22.8 Å². The number of nitrogens with one attached hydrogen (secondary N) is 1. The van der Waals surface area contributed by atoms with Gasteiger partial charge in [-0.05, 0) is 52.2 Å². The van der Waals surface area contributed by atoms with Crippen LogP contribution in [0.25, 0.3) is 0 Å². The number of ether oxygens (including phenoxy) is 1. The molecular formula is C16H15BrClNO2. The summed E-state index contributed by atoms with van der Waals surface area (Å²) in [6.07, 6.45) is 0.744. The molecule has 2 aromatic rings. The van der Waals surface area contributed by atoms with Crippen molar-refractivity contribution in [3.05, 3.63) is 63.1 Å². The summed E-state index contributed by atoms with van der Waals surface area (Å²) < 4.78 is 5.85. The van der Waals surface area contributed by atoms with E-state index in [1.807, 2.05) is 24.3 Å². The SMILES string of the molecule is COCCc1ccccc1NC(=O)c1ccc(Br)c(Cl)c1. The molecule has 1 amide bonds. The van der Waals surface area contributed by atoms with Crippen LogP contribution in [-0.4, -0.2) is 19.6 Å². The molecule has 0 bridgehead atoms. The number of methoxy groups -OCH3 is 1. The Labute approximate surface area is 137 Å². The molecule has 0 unspecified atom stereocenters. The van der Waals surface area contributed by atoms with Crippen LogP contribution in [0.2, 0.25) is 5.02 Å². The Morgan fingerprint density at radius 1 is 1.29 bits per heavy atom. The van der Waals surface area contributed by atoms with Crippen LogP contribution in [-0.2, 0) is 11.2 Å². The molecule has 0 spiro atoms. The third-order valence-electron chi connectivity index (χ3n) is 3.02. The second kappa shape index (κ2) is 7.59. The van der Waals surface area contributed by atoms with Crippen molar-refractivity contribution in [1.29, 1.82) is 0 Å². The van der Waals surface area contributed by atoms with Crippen molar-refractivity contribution in [3.8, 4) is 0 Å². The number of rotatable bonds is 5. The van der Waals surface area contributed by atoms with E-state index in [9.17, 15) is 4.79 Å². The second-order valence-corrected chi connectivity index (χ2v) is 5.74. The highest BCUT2D eigenvalue weighted by molar-refractivity contribution is 9.10. The molecule has 2 aromatic carbocycles. The molecule has 0 saturated carbocycles. The Morgan fingerprint density at radius 3 is 2.76 bits per heavy atom. The number of halogens is 2. The van der Waals surface area contributed by atoms with E-state index in [4.69, 9.17) is 16.3 Å². The molecule has 0 aliphatic carbocycles. The van der Waals surface area contributed by atoms with Gasteiger partial charge in [0.1, 0.15) is 0 Å². The fraction of sp³-hybridized carbons (Fsp3) is 0.188. The van der Waals surface area contributed by atoms with E-state index >= 15 is 0 Å². The quantitative estimate of drug-likeness (QED) is 0.841. The number of carbonyl (C=O) groups excluding carboxylic acids is 1. The normalized spacial score (nSPS) is 10.4. The average molecular weight is 369 g/mol. The van der Waals surface area contributed by atoms with Gasteiger partial charge < -0.3 is 10.1 Å². The Balaban J connectivity index is 2.17. The van der Waals surface area contributed by atoms with Crippen molar-refractivity contribution in [3.63, 3.8) is 0 Å². The summed E-state index contributed by atoms with van der Waals surface area (Å²) in [5.41, 5.74) is 2.35. The van der Waals surface area contributed by atoms with Gasteiger partial charge in [-0.3, -0.25) is 4.79 Å². The molecule has 0 atom stereocenters. The molecule has 0 aliphatic heterocycles. The van der Waals surface area contributed by atoms with Crippen LogP contribution in [0, 0.1) is 0 Å². The highest BCUT2D eigenvalue weighted by atomic mass is 79.9. The van der Waals surface area contributed by atoms with Crippen molar-refractivity contribution in [2.75, 3.05) is 19.0 Å². The monoisotopic (exact) mass is 367 g/mol. The third kappa shape index (κ3) is 4.30. The van der Waals surface area contributed by atoms with Crippen molar-refractivity contribution < 1.29 is 9.53 Å². The number of benzene rings is 2. The van der Waals surface area contributed by atoms with Gasteiger partial charge in [0.15, 0.2) is 0 Å². The highest BCUT2D eigenvalue weighted by Crippen LogP contribution is 2.24. The highest BCUT2D eigenvalue weighted by Gasteiger charge is 2.10. The molecule has 3 nitrogen and oxygen atoms in total. The Bertz CT molecular complexity index is 646. The van der Waals surface area contributed by atoms with Gasteiger partial charge in [-0.25, -0.2) is 0 Å². The molecule has 1 N–H and O–H groups in total. The van der Waals surface area contributed by atoms with Gasteiger partial charge in [-0.15, -0.1) is 0 Å². The van der Waals surface area contributed by atoms with E-state index < -0.39 is 0 Å². The van der Waals surface area contributed by atoms with Crippen LogP contribution in [0.4, 0.5) is 5.69 Å². The molecule has 0 fully saturated rings. The van der Waals surface area contributed by atoms with Crippen LogP contribution in [0.1, 0.15) is 15.9 Å². The van der Waals surface area contributed by atoms with Crippen molar-refractivity contribution >= 4 is 39.1 Å². The number of amides is 1. The molecule has 0 aliphatic rings. The van der Waals surface area contributed by atoms with E-state index in [-0.39, 0.29) is 5.91 Å². The molecule has 2 rings (SSSR count). The number of hydrogen-bond acceptors (Lipinski definition) is 2. The first-order valence-electron chi connectivity index (χ1n) is 6.45. The first-order valence-corrected chi connectivity index (χ1v) is 7.62. The van der Waals surface area contributed by atoms with Crippen LogP contribution in [0.15, 0.2) is 46.9 Å². The summed E-state index contributed by atoms with van der Waals surface area (Å²) in [5.74, 6) is -0.186. The van der Waals surface area contributed by atoms with Gasteiger partial charge >= 0.3 is 0 Å². The lowest BCUT2D eigenvalue weighted by Crippen LogP contribution is -2.13. The first kappa shape index (κ1) is 16.0. The summed E-state index contributed by atoms with van der Waals surface area (Å²) in [6, 6.07) is 12.8. The molecule has 0 heterocycles. The van der Waals surface area contributed by atoms with Gasteiger partial charge in [-0.1, -0.05) is 29.8 Å². The molecule has 0 aromatic heterocycles.